The van der Waals surface area contributed by atoms with E-state index in [0.29, 0.717) is 18.6 Å². The van der Waals surface area contributed by atoms with Gasteiger partial charge >= 0.3 is 5.97 Å². The van der Waals surface area contributed by atoms with Gasteiger partial charge in [0.15, 0.2) is 0 Å². The fourth-order valence-corrected chi connectivity index (χ4v) is 2.32. The fourth-order valence-electron chi connectivity index (χ4n) is 2.32. The van der Waals surface area contributed by atoms with Crippen molar-refractivity contribution in [2.24, 2.45) is 11.3 Å². The number of rotatable bonds is 2. The number of hydrogen-bond donors (Lipinski definition) is 1. The highest BCUT2D eigenvalue weighted by atomic mass is 16.5. The lowest BCUT2D eigenvalue weighted by Crippen LogP contribution is -2.29. The van der Waals surface area contributed by atoms with E-state index in [0.717, 1.165) is 12.8 Å². The van der Waals surface area contributed by atoms with Crippen molar-refractivity contribution in [1.29, 1.82) is 5.26 Å². The van der Waals surface area contributed by atoms with Crippen molar-refractivity contribution >= 4 is 5.97 Å². The van der Waals surface area contributed by atoms with Crippen LogP contribution in [0.2, 0.25) is 0 Å². The van der Waals surface area contributed by atoms with Crippen LogP contribution < -0.4 is 4.74 Å². The molecule has 0 unspecified atom stereocenters. The van der Waals surface area contributed by atoms with Gasteiger partial charge in [-0.15, -0.1) is 0 Å². The summed E-state index contributed by atoms with van der Waals surface area (Å²) in [5, 5.41) is 18.2. The lowest BCUT2D eigenvalue weighted by molar-refractivity contribution is -0.140. The number of carbonyl (C=O) groups excluding carboxylic acids is 1. The number of carbonyl (C=O) groups is 1. The van der Waals surface area contributed by atoms with E-state index in [9.17, 15) is 4.79 Å². The molecule has 19 heavy (non-hydrogen) atoms. The molecule has 0 atom stereocenters. The molecule has 0 bridgehead atoms. The Morgan fingerprint density at radius 3 is 2.47 bits per heavy atom. The summed E-state index contributed by atoms with van der Waals surface area (Å²) < 4.78 is 5.28. The van der Waals surface area contributed by atoms with Gasteiger partial charge in [-0.2, -0.15) is 5.26 Å². The molecule has 0 spiro atoms. The summed E-state index contributed by atoms with van der Waals surface area (Å²) in [5.41, 5.74) is -0.296. The van der Waals surface area contributed by atoms with Gasteiger partial charge in [0.05, 0.1) is 17.4 Å². The molecule has 4 heteroatoms. The highest BCUT2D eigenvalue weighted by Crippen LogP contribution is 2.38. The van der Waals surface area contributed by atoms with Crippen molar-refractivity contribution in [3.63, 3.8) is 0 Å². The van der Waals surface area contributed by atoms with Crippen molar-refractivity contribution in [3.8, 4) is 17.6 Å². The summed E-state index contributed by atoms with van der Waals surface area (Å²) in [7, 11) is 0. The molecule has 0 amide bonds. The molecular formula is C15H17NO3. The molecular weight excluding hydrogens is 242 g/mol. The van der Waals surface area contributed by atoms with E-state index in [2.05, 4.69) is 6.07 Å². The molecule has 1 saturated carbocycles. The molecule has 4 nitrogen and oxygen atoms in total. The van der Waals surface area contributed by atoms with E-state index >= 15 is 0 Å². The minimum Gasteiger partial charge on any atom is -0.508 e. The van der Waals surface area contributed by atoms with Crippen LogP contribution in [0.4, 0.5) is 0 Å². The standard InChI is InChI=1S/C15H17NO3/c1-15(10-16)8-6-11(7-9-15)14(18)19-13-4-2-12(17)3-5-13/h2-5,11,17H,6-9H2,1H3. The van der Waals surface area contributed by atoms with Gasteiger partial charge in [0, 0.05) is 0 Å². The lowest BCUT2D eigenvalue weighted by Gasteiger charge is -2.30. The summed E-state index contributed by atoms with van der Waals surface area (Å²) in [6, 6.07) is 8.41. The van der Waals surface area contributed by atoms with E-state index in [-0.39, 0.29) is 23.1 Å². The Hall–Kier alpha value is -2.02. The minimum atomic E-state index is -0.296. The maximum Gasteiger partial charge on any atom is 0.314 e. The number of benzene rings is 1. The first kappa shape index (κ1) is 13.4. The van der Waals surface area contributed by atoms with Gasteiger partial charge in [-0.1, -0.05) is 0 Å². The van der Waals surface area contributed by atoms with Crippen molar-refractivity contribution in [2.45, 2.75) is 32.6 Å². The number of phenolic OH excluding ortho intramolecular Hbond substituents is 1. The van der Waals surface area contributed by atoms with Crippen LogP contribution in [-0.4, -0.2) is 11.1 Å². The van der Waals surface area contributed by atoms with Crippen molar-refractivity contribution in [3.05, 3.63) is 24.3 Å². The van der Waals surface area contributed by atoms with Gasteiger partial charge in [0.1, 0.15) is 11.5 Å². The van der Waals surface area contributed by atoms with E-state index in [1.54, 1.807) is 12.1 Å². The number of nitrogens with zero attached hydrogens (tertiary/aromatic N) is 1. The number of nitriles is 1. The molecule has 0 aliphatic heterocycles. The summed E-state index contributed by atoms with van der Waals surface area (Å²) in [6.07, 6.45) is 2.86. The maximum atomic E-state index is 12.0. The molecule has 0 aromatic heterocycles. The van der Waals surface area contributed by atoms with Crippen LogP contribution in [-0.2, 0) is 4.79 Å². The number of phenols is 1. The average molecular weight is 259 g/mol. The van der Waals surface area contributed by atoms with Crippen LogP contribution in [0.15, 0.2) is 24.3 Å². The number of esters is 1. The summed E-state index contributed by atoms with van der Waals surface area (Å²) in [4.78, 5) is 12.0. The van der Waals surface area contributed by atoms with E-state index < -0.39 is 0 Å². The topological polar surface area (TPSA) is 70.3 Å². The second-order valence-corrected chi connectivity index (χ2v) is 5.36. The highest BCUT2D eigenvalue weighted by Gasteiger charge is 2.34. The minimum absolute atomic E-state index is 0.129. The first-order chi connectivity index (χ1) is 9.02. The normalized spacial score (nSPS) is 26.4. The van der Waals surface area contributed by atoms with Crippen LogP contribution in [0.5, 0.6) is 11.5 Å². The van der Waals surface area contributed by atoms with Gasteiger partial charge in [0.2, 0.25) is 0 Å². The molecule has 1 aliphatic rings. The van der Waals surface area contributed by atoms with Gasteiger partial charge in [-0.05, 0) is 56.9 Å². The SMILES string of the molecule is CC1(C#N)CCC(C(=O)Oc2ccc(O)cc2)CC1. The monoisotopic (exact) mass is 259 g/mol. The van der Waals surface area contributed by atoms with Gasteiger partial charge in [0.25, 0.3) is 0 Å². The van der Waals surface area contributed by atoms with Crippen molar-refractivity contribution in [2.75, 3.05) is 0 Å². The van der Waals surface area contributed by atoms with Gasteiger partial charge in [-0.3, -0.25) is 4.79 Å². The van der Waals surface area contributed by atoms with Crippen LogP contribution in [0.25, 0.3) is 0 Å². The molecule has 1 fully saturated rings. The Bertz CT molecular complexity index is 493. The van der Waals surface area contributed by atoms with Crippen LogP contribution in [0.3, 0.4) is 0 Å². The second-order valence-electron chi connectivity index (χ2n) is 5.36. The summed E-state index contributed by atoms with van der Waals surface area (Å²) in [6.45, 7) is 1.94. The Balaban J connectivity index is 1.92. The summed E-state index contributed by atoms with van der Waals surface area (Å²) >= 11 is 0. The van der Waals surface area contributed by atoms with Gasteiger partial charge in [-0.25, -0.2) is 0 Å². The Kier molecular flexibility index (Phi) is 3.75. The molecule has 1 aliphatic carbocycles. The Morgan fingerprint density at radius 1 is 1.37 bits per heavy atom. The lowest BCUT2D eigenvalue weighted by atomic mass is 9.73. The van der Waals surface area contributed by atoms with Crippen LogP contribution in [0.1, 0.15) is 32.6 Å². The number of aromatic hydroxyl groups is 1. The van der Waals surface area contributed by atoms with E-state index in [1.165, 1.54) is 12.1 Å². The molecule has 100 valence electrons. The molecule has 1 N–H and O–H groups in total. The van der Waals surface area contributed by atoms with Crippen LogP contribution >= 0.6 is 0 Å². The first-order valence-electron chi connectivity index (χ1n) is 6.44. The smallest absolute Gasteiger partial charge is 0.314 e. The zero-order valence-electron chi connectivity index (χ0n) is 10.9. The quantitative estimate of drug-likeness (QED) is 0.654. The average Bonchev–Trinajstić information content (AvgIpc) is 2.42. The van der Waals surface area contributed by atoms with Crippen molar-refractivity contribution in [1.82, 2.24) is 0 Å². The predicted molar refractivity (Wildman–Crippen MR) is 69.4 cm³/mol. The Morgan fingerprint density at radius 2 is 1.95 bits per heavy atom. The summed E-state index contributed by atoms with van der Waals surface area (Å²) in [5.74, 6) is 0.208. The predicted octanol–water partition coefficient (Wildman–Crippen LogP) is 3.02. The molecule has 2 rings (SSSR count). The van der Waals surface area contributed by atoms with E-state index in [4.69, 9.17) is 15.1 Å². The van der Waals surface area contributed by atoms with E-state index in [1.807, 2.05) is 6.92 Å². The zero-order chi connectivity index (χ0) is 13.9. The Labute approximate surface area is 112 Å². The largest absolute Gasteiger partial charge is 0.508 e. The van der Waals surface area contributed by atoms with Crippen molar-refractivity contribution < 1.29 is 14.6 Å². The number of hydrogen-bond acceptors (Lipinski definition) is 4. The molecule has 0 radical (unpaired) electrons. The molecule has 0 heterocycles. The third-order valence-electron chi connectivity index (χ3n) is 3.75. The van der Waals surface area contributed by atoms with Gasteiger partial charge < -0.3 is 9.84 Å². The molecule has 1 aromatic rings. The number of ether oxygens (including phenoxy) is 1. The zero-order valence-corrected chi connectivity index (χ0v) is 10.9. The third kappa shape index (κ3) is 3.25. The first-order valence-corrected chi connectivity index (χ1v) is 6.44. The van der Waals surface area contributed by atoms with Crippen LogP contribution in [0, 0.1) is 22.7 Å². The highest BCUT2D eigenvalue weighted by molar-refractivity contribution is 5.75. The molecule has 0 saturated heterocycles. The molecule has 1 aromatic carbocycles. The maximum absolute atomic E-state index is 12.0. The third-order valence-corrected chi connectivity index (χ3v) is 3.75. The fraction of sp³-hybridized carbons (Fsp3) is 0.467. The second kappa shape index (κ2) is 5.31.